The Morgan fingerprint density at radius 1 is 1.42 bits per heavy atom. The van der Waals surface area contributed by atoms with Crippen LogP contribution >= 0.6 is 34.5 Å². The van der Waals surface area contributed by atoms with Gasteiger partial charge in [0.2, 0.25) is 0 Å². The molecule has 0 aliphatic heterocycles. The van der Waals surface area contributed by atoms with Crippen molar-refractivity contribution in [3.05, 3.63) is 43.8 Å². The van der Waals surface area contributed by atoms with E-state index < -0.39 is 22.7 Å². The number of amides is 1. The summed E-state index contributed by atoms with van der Waals surface area (Å²) in [6.45, 7) is 1.10. The molecule has 0 bridgehead atoms. The summed E-state index contributed by atoms with van der Waals surface area (Å²) in [6.07, 6.45) is -4.75. The van der Waals surface area contributed by atoms with Gasteiger partial charge in [0.1, 0.15) is 17.2 Å². The molecule has 0 unspecified atom stereocenters. The highest BCUT2D eigenvalue weighted by atomic mass is 35.5. The molecule has 1 heterocycles. The van der Waals surface area contributed by atoms with Crippen LogP contribution in [0.3, 0.4) is 0 Å². The Labute approximate surface area is 159 Å². The predicted molar refractivity (Wildman–Crippen MR) is 92.9 cm³/mol. The number of benzene rings is 1. The molecule has 0 spiro atoms. The largest absolute Gasteiger partial charge is 0.484 e. The van der Waals surface area contributed by atoms with Crippen molar-refractivity contribution in [2.75, 3.05) is 6.61 Å². The molecule has 1 aromatic carbocycles. The molecule has 0 aliphatic rings. The second kappa shape index (κ2) is 8.11. The Balaban J connectivity index is 2.01. The average molecular weight is 427 g/mol. The zero-order valence-electron chi connectivity index (χ0n) is 13.0. The summed E-state index contributed by atoms with van der Waals surface area (Å²) < 4.78 is 43.9. The molecule has 1 aromatic heterocycles. The van der Waals surface area contributed by atoms with E-state index in [9.17, 15) is 18.0 Å². The molecular formula is C14H11Cl2F3N4O2S. The van der Waals surface area contributed by atoms with E-state index in [-0.39, 0.29) is 28.2 Å². The van der Waals surface area contributed by atoms with Gasteiger partial charge in [0.25, 0.3) is 5.91 Å². The highest BCUT2D eigenvalue weighted by molar-refractivity contribution is 7.13. The van der Waals surface area contributed by atoms with Crippen LogP contribution in [0.25, 0.3) is 0 Å². The highest BCUT2D eigenvalue weighted by Gasteiger charge is 2.39. The monoisotopic (exact) mass is 426 g/mol. The molecule has 0 saturated carbocycles. The number of hydrogen-bond acceptors (Lipinski definition) is 5. The van der Waals surface area contributed by atoms with Crippen LogP contribution in [0, 0.1) is 6.92 Å². The molecule has 2 aromatic rings. The number of nitrogens with one attached hydrogen (secondary N) is 1. The maximum absolute atomic E-state index is 12.9. The molecule has 0 aliphatic carbocycles. The number of alkyl halides is 3. The van der Waals surface area contributed by atoms with Gasteiger partial charge >= 0.3 is 6.18 Å². The standard InChI is InChI=1S/C14H11Cl2F3N4O2S/c1-6-21-12(14(17,18)19)11(26-6)13(24)23-22-10(20)5-25-9-3-2-7(15)4-8(9)16/h2-4H,5H2,1H3,(H2,20,22)(H,23,24). The van der Waals surface area contributed by atoms with E-state index in [4.69, 9.17) is 33.7 Å². The first kappa shape index (κ1) is 20.3. The number of nitrogens with two attached hydrogens (primary N) is 1. The van der Waals surface area contributed by atoms with Crippen LogP contribution in [0.1, 0.15) is 20.4 Å². The molecule has 0 saturated heterocycles. The number of hydrazone groups is 1. The number of carbonyl (C=O) groups excluding carboxylic acids is 1. The van der Waals surface area contributed by atoms with Gasteiger partial charge in [0, 0.05) is 5.02 Å². The number of nitrogens with zero attached hydrogens (tertiary/aromatic N) is 2. The third-order valence-corrected chi connectivity index (χ3v) is 4.28. The number of thiazole rings is 1. The van der Waals surface area contributed by atoms with E-state index in [1.807, 2.05) is 5.43 Å². The van der Waals surface area contributed by atoms with Crippen molar-refractivity contribution in [3.63, 3.8) is 0 Å². The minimum atomic E-state index is -4.75. The number of aromatic nitrogens is 1. The lowest BCUT2D eigenvalue weighted by atomic mass is 10.3. The fourth-order valence-electron chi connectivity index (χ4n) is 1.72. The van der Waals surface area contributed by atoms with Crippen LogP contribution in [0.4, 0.5) is 13.2 Å². The molecule has 0 fully saturated rings. The van der Waals surface area contributed by atoms with Gasteiger partial charge in [-0.1, -0.05) is 23.2 Å². The van der Waals surface area contributed by atoms with Crippen LogP contribution in [0.2, 0.25) is 10.0 Å². The number of ether oxygens (including phenoxy) is 1. The molecule has 1 amide bonds. The van der Waals surface area contributed by atoms with Crippen molar-refractivity contribution < 1.29 is 22.7 Å². The van der Waals surface area contributed by atoms with Gasteiger partial charge < -0.3 is 10.5 Å². The van der Waals surface area contributed by atoms with E-state index in [1.165, 1.54) is 19.1 Å². The molecule has 0 atom stereocenters. The Morgan fingerprint density at radius 2 is 2.12 bits per heavy atom. The van der Waals surface area contributed by atoms with E-state index in [0.717, 1.165) is 0 Å². The third-order valence-electron chi connectivity index (χ3n) is 2.78. The minimum absolute atomic E-state index is 0.0974. The number of hydrogen-bond donors (Lipinski definition) is 2. The summed E-state index contributed by atoms with van der Waals surface area (Å²) in [4.78, 5) is 14.6. The summed E-state index contributed by atoms with van der Waals surface area (Å²) in [7, 11) is 0. The fourth-order valence-corrected chi connectivity index (χ4v) is 3.01. The lowest BCUT2D eigenvalue weighted by Crippen LogP contribution is -2.28. The lowest BCUT2D eigenvalue weighted by Gasteiger charge is -2.08. The van der Waals surface area contributed by atoms with Gasteiger partial charge in [-0.25, -0.2) is 10.4 Å². The van der Waals surface area contributed by atoms with Crippen molar-refractivity contribution in [3.8, 4) is 5.75 Å². The number of halogens is 5. The Morgan fingerprint density at radius 3 is 2.73 bits per heavy atom. The van der Waals surface area contributed by atoms with Gasteiger partial charge in [-0.3, -0.25) is 4.79 Å². The Hall–Kier alpha value is -2.04. The summed E-state index contributed by atoms with van der Waals surface area (Å²) in [5.74, 6) is -0.979. The Bertz CT molecular complexity index is 855. The summed E-state index contributed by atoms with van der Waals surface area (Å²) in [5, 5.41) is 4.26. The molecular weight excluding hydrogens is 416 g/mol. The van der Waals surface area contributed by atoms with Crippen LogP contribution in [0.15, 0.2) is 23.3 Å². The number of amidine groups is 1. The quantitative estimate of drug-likeness (QED) is 0.431. The van der Waals surface area contributed by atoms with E-state index in [1.54, 1.807) is 6.07 Å². The van der Waals surface area contributed by atoms with Crippen molar-refractivity contribution in [1.82, 2.24) is 10.4 Å². The van der Waals surface area contributed by atoms with Crippen LogP contribution < -0.4 is 15.9 Å². The average Bonchev–Trinajstić information content (AvgIpc) is 2.94. The maximum atomic E-state index is 12.9. The fraction of sp³-hybridized carbons (Fsp3) is 0.214. The van der Waals surface area contributed by atoms with Gasteiger partial charge in [0.05, 0.1) is 10.0 Å². The Kier molecular flexibility index (Phi) is 6.32. The molecule has 26 heavy (non-hydrogen) atoms. The molecule has 6 nitrogen and oxygen atoms in total. The zero-order valence-corrected chi connectivity index (χ0v) is 15.4. The van der Waals surface area contributed by atoms with Gasteiger partial charge in [0.15, 0.2) is 11.5 Å². The normalized spacial score (nSPS) is 12.2. The van der Waals surface area contributed by atoms with Gasteiger partial charge in [-0.15, -0.1) is 11.3 Å². The molecule has 140 valence electrons. The van der Waals surface area contributed by atoms with Gasteiger partial charge in [-0.05, 0) is 25.1 Å². The lowest BCUT2D eigenvalue weighted by molar-refractivity contribution is -0.141. The first-order chi connectivity index (χ1) is 12.1. The van der Waals surface area contributed by atoms with E-state index in [2.05, 4.69) is 10.1 Å². The summed E-state index contributed by atoms with van der Waals surface area (Å²) in [5.41, 5.74) is 6.24. The van der Waals surface area contributed by atoms with Gasteiger partial charge in [-0.2, -0.15) is 18.3 Å². The first-order valence-corrected chi connectivity index (χ1v) is 8.40. The minimum Gasteiger partial charge on any atom is -0.484 e. The number of aryl methyl sites for hydroxylation is 1. The zero-order chi connectivity index (χ0) is 19.5. The van der Waals surface area contributed by atoms with Crippen molar-refractivity contribution in [2.24, 2.45) is 10.8 Å². The van der Waals surface area contributed by atoms with Crippen LogP contribution in [-0.2, 0) is 6.18 Å². The molecule has 12 heteroatoms. The van der Waals surface area contributed by atoms with E-state index in [0.29, 0.717) is 16.4 Å². The smallest absolute Gasteiger partial charge is 0.435 e. The number of rotatable bonds is 5. The molecule has 3 N–H and O–H groups in total. The molecule has 2 rings (SSSR count). The first-order valence-electron chi connectivity index (χ1n) is 6.82. The van der Waals surface area contributed by atoms with Crippen LogP contribution in [0.5, 0.6) is 5.75 Å². The van der Waals surface area contributed by atoms with Crippen molar-refractivity contribution in [1.29, 1.82) is 0 Å². The third kappa shape index (κ3) is 5.23. The topological polar surface area (TPSA) is 89.6 Å². The second-order valence-corrected chi connectivity index (χ2v) is 6.86. The van der Waals surface area contributed by atoms with Crippen LogP contribution in [-0.4, -0.2) is 23.3 Å². The second-order valence-electron chi connectivity index (χ2n) is 4.82. The van der Waals surface area contributed by atoms with Crippen molar-refractivity contribution in [2.45, 2.75) is 13.1 Å². The maximum Gasteiger partial charge on any atom is 0.435 e. The molecule has 0 radical (unpaired) electrons. The SMILES string of the molecule is Cc1nc(C(F)(F)F)c(C(=O)NN=C(N)COc2ccc(Cl)cc2Cl)s1. The number of carbonyl (C=O) groups is 1. The predicted octanol–water partition coefficient (Wildman–Crippen LogP) is 3.86. The van der Waals surface area contributed by atoms with Crippen molar-refractivity contribution >= 4 is 46.3 Å². The van der Waals surface area contributed by atoms with E-state index >= 15 is 0 Å². The highest BCUT2D eigenvalue weighted by Crippen LogP contribution is 2.34. The summed E-state index contributed by atoms with van der Waals surface area (Å²) >= 11 is 12.3. The summed E-state index contributed by atoms with van der Waals surface area (Å²) in [6, 6.07) is 4.51.